The lowest BCUT2D eigenvalue weighted by Crippen LogP contribution is -2.30. The van der Waals surface area contributed by atoms with Crippen LogP contribution in [-0.4, -0.2) is 37.2 Å². The van der Waals surface area contributed by atoms with E-state index in [4.69, 9.17) is 14.2 Å². The molecular formula is C62H120O6. The fourth-order valence-corrected chi connectivity index (χ4v) is 9.55. The Morgan fingerprint density at radius 1 is 0.309 bits per heavy atom. The number of esters is 3. The number of unbranched alkanes of at least 4 members (excludes halogenated alkanes) is 40. The number of rotatable bonds is 56. The van der Waals surface area contributed by atoms with Crippen molar-refractivity contribution >= 4 is 17.9 Å². The fourth-order valence-electron chi connectivity index (χ4n) is 9.55. The molecule has 0 saturated carbocycles. The van der Waals surface area contributed by atoms with Gasteiger partial charge in [0.1, 0.15) is 13.2 Å². The van der Waals surface area contributed by atoms with E-state index in [2.05, 4.69) is 34.6 Å². The summed E-state index contributed by atoms with van der Waals surface area (Å²) in [5.41, 5.74) is 0. The predicted molar refractivity (Wildman–Crippen MR) is 293 cm³/mol. The van der Waals surface area contributed by atoms with Crippen LogP contribution >= 0.6 is 0 Å². The molecule has 0 aromatic rings. The molecule has 404 valence electrons. The Balaban J connectivity index is 4.30. The molecule has 2 atom stereocenters. The van der Waals surface area contributed by atoms with Crippen LogP contribution in [-0.2, 0) is 28.6 Å². The quantitative estimate of drug-likeness (QED) is 0.0343. The van der Waals surface area contributed by atoms with Crippen molar-refractivity contribution in [3.63, 3.8) is 0 Å². The van der Waals surface area contributed by atoms with Crippen LogP contribution in [0.15, 0.2) is 0 Å². The normalized spacial score (nSPS) is 12.4. The molecule has 0 radical (unpaired) electrons. The van der Waals surface area contributed by atoms with E-state index in [9.17, 15) is 14.4 Å². The molecule has 0 aromatic heterocycles. The van der Waals surface area contributed by atoms with Gasteiger partial charge in [0, 0.05) is 19.3 Å². The Morgan fingerprint density at radius 2 is 0.559 bits per heavy atom. The maximum atomic E-state index is 12.9. The van der Waals surface area contributed by atoms with Crippen LogP contribution in [0, 0.1) is 11.8 Å². The Bertz CT molecular complexity index is 1040. The van der Waals surface area contributed by atoms with Gasteiger partial charge < -0.3 is 14.2 Å². The number of carbonyl (C=O) groups is 3. The highest BCUT2D eigenvalue weighted by atomic mass is 16.6. The van der Waals surface area contributed by atoms with Gasteiger partial charge in [-0.3, -0.25) is 14.4 Å². The van der Waals surface area contributed by atoms with E-state index >= 15 is 0 Å². The minimum absolute atomic E-state index is 0.0622. The van der Waals surface area contributed by atoms with Gasteiger partial charge in [0.15, 0.2) is 6.10 Å². The van der Waals surface area contributed by atoms with Gasteiger partial charge in [-0.15, -0.1) is 0 Å². The summed E-state index contributed by atoms with van der Waals surface area (Å²) in [4.78, 5) is 38.2. The first-order chi connectivity index (χ1) is 33.3. The molecule has 0 amide bonds. The van der Waals surface area contributed by atoms with Crippen LogP contribution in [0.3, 0.4) is 0 Å². The molecular weight excluding hydrogens is 841 g/mol. The van der Waals surface area contributed by atoms with E-state index in [1.54, 1.807) is 0 Å². The van der Waals surface area contributed by atoms with Crippen molar-refractivity contribution in [2.45, 2.75) is 355 Å². The van der Waals surface area contributed by atoms with E-state index in [0.29, 0.717) is 19.3 Å². The second-order valence-electron chi connectivity index (χ2n) is 22.1. The van der Waals surface area contributed by atoms with Gasteiger partial charge in [-0.05, 0) is 31.1 Å². The Morgan fingerprint density at radius 3 is 0.838 bits per heavy atom. The monoisotopic (exact) mass is 961 g/mol. The molecule has 6 heteroatoms. The van der Waals surface area contributed by atoms with E-state index < -0.39 is 6.10 Å². The first-order valence-electron chi connectivity index (χ1n) is 30.8. The average molecular weight is 962 g/mol. The summed E-state index contributed by atoms with van der Waals surface area (Å²) < 4.78 is 16.9. The predicted octanol–water partition coefficient (Wildman–Crippen LogP) is 20.4. The summed E-state index contributed by atoms with van der Waals surface area (Å²) in [5.74, 6) is 0.894. The number of hydrogen-bond donors (Lipinski definition) is 0. The lowest BCUT2D eigenvalue weighted by Gasteiger charge is -2.18. The second-order valence-corrected chi connectivity index (χ2v) is 22.1. The number of hydrogen-bond acceptors (Lipinski definition) is 6. The minimum Gasteiger partial charge on any atom is -0.462 e. The molecule has 68 heavy (non-hydrogen) atoms. The molecule has 6 nitrogen and oxygen atoms in total. The first kappa shape index (κ1) is 66.4. The van der Waals surface area contributed by atoms with Gasteiger partial charge in [0.05, 0.1) is 0 Å². The van der Waals surface area contributed by atoms with Crippen LogP contribution in [0.25, 0.3) is 0 Å². The molecule has 1 unspecified atom stereocenters. The SMILES string of the molecule is CCCCCCCCCCCCCCCCCCCC(=O)OC[C@H](COC(=O)CCCCCCCCCCCCCCC(C)C)OC(=O)CCCCCCCCCCCCCCCCC(C)CC. The third kappa shape index (κ3) is 53.8. The summed E-state index contributed by atoms with van der Waals surface area (Å²) in [7, 11) is 0. The van der Waals surface area contributed by atoms with Gasteiger partial charge in [0.25, 0.3) is 0 Å². The number of ether oxygens (including phenoxy) is 3. The molecule has 0 aromatic carbocycles. The van der Waals surface area contributed by atoms with E-state index in [-0.39, 0.29) is 31.1 Å². The van der Waals surface area contributed by atoms with Crippen molar-refractivity contribution in [3.05, 3.63) is 0 Å². The van der Waals surface area contributed by atoms with Crippen molar-refractivity contribution in [2.75, 3.05) is 13.2 Å². The van der Waals surface area contributed by atoms with E-state index in [1.807, 2.05) is 0 Å². The van der Waals surface area contributed by atoms with Crippen molar-refractivity contribution in [1.29, 1.82) is 0 Å². The van der Waals surface area contributed by atoms with Crippen molar-refractivity contribution in [2.24, 2.45) is 11.8 Å². The fraction of sp³-hybridized carbons (Fsp3) is 0.952. The third-order valence-corrected chi connectivity index (χ3v) is 14.6. The van der Waals surface area contributed by atoms with Gasteiger partial charge in [0.2, 0.25) is 0 Å². The van der Waals surface area contributed by atoms with Crippen LogP contribution in [0.4, 0.5) is 0 Å². The Kier molecular flexibility index (Phi) is 53.5. The molecule has 0 aliphatic carbocycles. The second kappa shape index (κ2) is 54.7. The third-order valence-electron chi connectivity index (χ3n) is 14.6. The molecule has 0 fully saturated rings. The van der Waals surface area contributed by atoms with Crippen molar-refractivity contribution in [1.82, 2.24) is 0 Å². The lowest BCUT2D eigenvalue weighted by atomic mass is 9.99. The maximum Gasteiger partial charge on any atom is 0.306 e. The zero-order chi connectivity index (χ0) is 49.6. The Labute approximate surface area is 425 Å². The van der Waals surface area contributed by atoms with Crippen LogP contribution in [0.1, 0.15) is 349 Å². The lowest BCUT2D eigenvalue weighted by molar-refractivity contribution is -0.167. The smallest absolute Gasteiger partial charge is 0.306 e. The maximum absolute atomic E-state index is 12.9. The van der Waals surface area contributed by atoms with Crippen LogP contribution in [0.5, 0.6) is 0 Å². The van der Waals surface area contributed by atoms with Crippen molar-refractivity contribution < 1.29 is 28.6 Å². The van der Waals surface area contributed by atoms with Crippen LogP contribution < -0.4 is 0 Å². The topological polar surface area (TPSA) is 78.9 Å². The molecule has 0 aliphatic heterocycles. The van der Waals surface area contributed by atoms with E-state index in [0.717, 1.165) is 69.6 Å². The highest BCUT2D eigenvalue weighted by Crippen LogP contribution is 2.19. The van der Waals surface area contributed by atoms with Crippen LogP contribution in [0.2, 0.25) is 0 Å². The largest absolute Gasteiger partial charge is 0.462 e. The summed E-state index contributed by atoms with van der Waals surface area (Å²) in [5, 5.41) is 0. The molecule has 0 rings (SSSR count). The molecule has 0 spiro atoms. The number of carbonyl (C=O) groups excluding carboxylic acids is 3. The summed E-state index contributed by atoms with van der Waals surface area (Å²) in [6, 6.07) is 0. The highest BCUT2D eigenvalue weighted by molar-refractivity contribution is 5.71. The zero-order valence-corrected chi connectivity index (χ0v) is 46.7. The minimum atomic E-state index is -0.763. The van der Waals surface area contributed by atoms with Gasteiger partial charge >= 0.3 is 17.9 Å². The molecule has 0 N–H and O–H groups in total. The zero-order valence-electron chi connectivity index (χ0n) is 46.7. The van der Waals surface area contributed by atoms with Crippen molar-refractivity contribution in [3.8, 4) is 0 Å². The summed E-state index contributed by atoms with van der Waals surface area (Å²) in [6.45, 7) is 11.5. The van der Waals surface area contributed by atoms with Gasteiger partial charge in [-0.1, -0.05) is 311 Å². The first-order valence-corrected chi connectivity index (χ1v) is 30.8. The van der Waals surface area contributed by atoms with Gasteiger partial charge in [-0.25, -0.2) is 0 Å². The molecule has 0 aliphatic rings. The summed E-state index contributed by atoms with van der Waals surface area (Å²) >= 11 is 0. The molecule has 0 heterocycles. The average Bonchev–Trinajstić information content (AvgIpc) is 3.32. The molecule has 0 bridgehead atoms. The Hall–Kier alpha value is -1.59. The molecule has 0 saturated heterocycles. The summed E-state index contributed by atoms with van der Waals surface area (Å²) in [6.07, 6.45) is 59.5. The van der Waals surface area contributed by atoms with E-state index in [1.165, 1.54) is 238 Å². The highest BCUT2D eigenvalue weighted by Gasteiger charge is 2.19. The standard InChI is InChI=1S/C62H120O6/c1-6-8-9-10-11-12-13-14-15-16-17-21-27-32-37-42-47-52-60(63)66-55-59(56-67-61(64)53-48-43-38-33-28-24-23-25-30-35-40-45-50-57(3)4)68-62(65)54-49-44-39-34-29-22-19-18-20-26-31-36-41-46-51-58(5)7-2/h57-59H,6-56H2,1-5H3/t58?,59-/m1/s1. The van der Waals surface area contributed by atoms with Gasteiger partial charge in [-0.2, -0.15) is 0 Å².